The van der Waals surface area contributed by atoms with Gasteiger partial charge in [0.2, 0.25) is 0 Å². The maximum absolute atomic E-state index is 12.1. The number of nitrogens with one attached hydrogen (secondary N) is 1. The number of carboxylic acid groups (broad SMARTS) is 1. The fourth-order valence-corrected chi connectivity index (χ4v) is 1.09. The summed E-state index contributed by atoms with van der Waals surface area (Å²) in [5.74, 6) is -0.993. The maximum atomic E-state index is 12.1. The van der Waals surface area contributed by atoms with E-state index in [4.69, 9.17) is 5.11 Å². The molecule has 0 spiro atoms. The van der Waals surface area contributed by atoms with Crippen molar-refractivity contribution in [3.63, 3.8) is 0 Å². The van der Waals surface area contributed by atoms with Crippen LogP contribution in [0.1, 0.15) is 5.69 Å². The smallest absolute Gasteiger partial charge is 0.408 e. The molecule has 0 aliphatic carbocycles. The average molecular weight is 237 g/mol. The van der Waals surface area contributed by atoms with Gasteiger partial charge in [0.05, 0.1) is 0 Å². The molecular formula is C8H10F3N3O2. The van der Waals surface area contributed by atoms with E-state index >= 15 is 0 Å². The zero-order chi connectivity index (χ0) is 12.3. The Morgan fingerprint density at radius 2 is 2.25 bits per heavy atom. The van der Waals surface area contributed by atoms with Gasteiger partial charge in [-0.25, -0.2) is 0 Å². The third-order valence-corrected chi connectivity index (χ3v) is 1.73. The first-order valence-corrected chi connectivity index (χ1v) is 4.35. The Morgan fingerprint density at radius 3 is 2.75 bits per heavy atom. The van der Waals surface area contributed by atoms with Crippen LogP contribution in [0.5, 0.6) is 0 Å². The number of aliphatic carboxylic acids is 1. The van der Waals surface area contributed by atoms with Gasteiger partial charge in [0.15, 0.2) is 0 Å². The van der Waals surface area contributed by atoms with Crippen LogP contribution in [0.2, 0.25) is 0 Å². The Hall–Kier alpha value is -1.73. The molecule has 0 radical (unpaired) electrons. The zero-order valence-corrected chi connectivity index (χ0v) is 8.38. The van der Waals surface area contributed by atoms with E-state index in [1.807, 2.05) is 0 Å². The Morgan fingerprint density at radius 1 is 1.62 bits per heavy atom. The van der Waals surface area contributed by atoms with Crippen LogP contribution in [0.3, 0.4) is 0 Å². The number of halogens is 3. The molecule has 0 aliphatic rings. The second-order valence-corrected chi connectivity index (χ2v) is 3.19. The summed E-state index contributed by atoms with van der Waals surface area (Å²) < 4.78 is 37.0. The van der Waals surface area contributed by atoms with Crippen LogP contribution in [0, 0.1) is 6.92 Å². The molecule has 0 atom stereocenters. The Labute approximate surface area is 88.9 Å². The molecule has 90 valence electrons. The third kappa shape index (κ3) is 3.79. The van der Waals surface area contributed by atoms with Crippen LogP contribution in [0.4, 0.5) is 19.0 Å². The molecule has 2 N–H and O–H groups in total. The van der Waals surface area contributed by atoms with E-state index in [9.17, 15) is 18.0 Å². The standard InChI is InChI=1S/C8H10F3N3O2/c1-5-2-6(12-3-7(15)16)13-14(5)4-8(9,10)11/h2H,3-4H2,1H3,(H,12,13)(H,15,16). The first-order valence-electron chi connectivity index (χ1n) is 4.35. The van der Waals surface area contributed by atoms with Crippen LogP contribution >= 0.6 is 0 Å². The van der Waals surface area contributed by atoms with E-state index in [1.54, 1.807) is 0 Å². The number of alkyl halides is 3. The summed E-state index contributed by atoms with van der Waals surface area (Å²) in [6, 6.07) is 1.36. The van der Waals surface area contributed by atoms with Crippen LogP contribution in [0.15, 0.2) is 6.07 Å². The summed E-state index contributed by atoms with van der Waals surface area (Å²) in [7, 11) is 0. The third-order valence-electron chi connectivity index (χ3n) is 1.73. The highest BCUT2D eigenvalue weighted by molar-refractivity contribution is 5.72. The van der Waals surface area contributed by atoms with Crippen LogP contribution < -0.4 is 5.32 Å². The topological polar surface area (TPSA) is 67.2 Å². The fourth-order valence-electron chi connectivity index (χ4n) is 1.09. The second-order valence-electron chi connectivity index (χ2n) is 3.19. The lowest BCUT2D eigenvalue weighted by Gasteiger charge is -2.07. The van der Waals surface area contributed by atoms with Gasteiger partial charge in [-0.2, -0.15) is 18.3 Å². The van der Waals surface area contributed by atoms with Crippen molar-refractivity contribution < 1.29 is 23.1 Å². The lowest BCUT2D eigenvalue weighted by molar-refractivity contribution is -0.143. The SMILES string of the molecule is Cc1cc(NCC(=O)O)nn1CC(F)(F)F. The highest BCUT2D eigenvalue weighted by Gasteiger charge is 2.29. The van der Waals surface area contributed by atoms with Crippen molar-refractivity contribution in [1.82, 2.24) is 9.78 Å². The second kappa shape index (κ2) is 4.42. The molecule has 0 saturated carbocycles. The molecule has 1 aromatic heterocycles. The van der Waals surface area contributed by atoms with Gasteiger partial charge in [-0.15, -0.1) is 0 Å². The molecule has 0 aliphatic heterocycles. The minimum absolute atomic E-state index is 0.115. The highest BCUT2D eigenvalue weighted by atomic mass is 19.4. The van der Waals surface area contributed by atoms with Gasteiger partial charge >= 0.3 is 12.1 Å². The molecule has 0 fully saturated rings. The van der Waals surface area contributed by atoms with Gasteiger partial charge in [-0.05, 0) is 6.92 Å². The molecule has 0 amide bonds. The number of carboxylic acids is 1. The molecule has 1 rings (SSSR count). The number of nitrogens with zero attached hydrogens (tertiary/aromatic N) is 2. The molecule has 1 heterocycles. The number of anilines is 1. The lowest BCUT2D eigenvalue weighted by atomic mass is 10.4. The Kier molecular flexibility index (Phi) is 3.41. The molecule has 5 nitrogen and oxygen atoms in total. The first-order chi connectivity index (χ1) is 7.28. The molecule has 8 heteroatoms. The van der Waals surface area contributed by atoms with Gasteiger partial charge in [-0.1, -0.05) is 0 Å². The van der Waals surface area contributed by atoms with Gasteiger partial charge in [0, 0.05) is 11.8 Å². The van der Waals surface area contributed by atoms with E-state index in [0.29, 0.717) is 5.69 Å². The van der Waals surface area contributed by atoms with Crippen molar-refractivity contribution in [2.45, 2.75) is 19.6 Å². The minimum atomic E-state index is -4.35. The van der Waals surface area contributed by atoms with Crippen LogP contribution in [0.25, 0.3) is 0 Å². The minimum Gasteiger partial charge on any atom is -0.480 e. The summed E-state index contributed by atoms with van der Waals surface area (Å²) in [5, 5.41) is 14.3. The number of hydrogen-bond donors (Lipinski definition) is 2. The van der Waals surface area contributed by atoms with Gasteiger partial charge < -0.3 is 10.4 Å². The normalized spacial score (nSPS) is 11.5. The molecular weight excluding hydrogens is 227 g/mol. The average Bonchev–Trinajstić information content (AvgIpc) is 2.41. The van der Waals surface area contributed by atoms with E-state index in [1.165, 1.54) is 13.0 Å². The van der Waals surface area contributed by atoms with Crippen molar-refractivity contribution in [2.24, 2.45) is 0 Å². The number of aromatic nitrogens is 2. The lowest BCUT2D eigenvalue weighted by Crippen LogP contribution is -2.20. The molecule has 16 heavy (non-hydrogen) atoms. The van der Waals surface area contributed by atoms with E-state index < -0.39 is 18.7 Å². The summed E-state index contributed by atoms with van der Waals surface area (Å²) in [4.78, 5) is 10.2. The Bertz CT molecular complexity index is 386. The number of rotatable bonds is 4. The van der Waals surface area contributed by atoms with Crippen molar-refractivity contribution in [2.75, 3.05) is 11.9 Å². The van der Waals surface area contributed by atoms with Crippen LogP contribution in [-0.4, -0.2) is 33.6 Å². The van der Waals surface area contributed by atoms with E-state index in [-0.39, 0.29) is 12.4 Å². The predicted molar refractivity (Wildman–Crippen MR) is 49.1 cm³/mol. The van der Waals surface area contributed by atoms with Gasteiger partial charge in [0.1, 0.15) is 18.9 Å². The highest BCUT2D eigenvalue weighted by Crippen LogP contribution is 2.19. The summed E-state index contributed by atoms with van der Waals surface area (Å²) in [5.41, 5.74) is 0.310. The monoisotopic (exact) mass is 237 g/mol. The van der Waals surface area contributed by atoms with Crippen molar-refractivity contribution in [3.8, 4) is 0 Å². The van der Waals surface area contributed by atoms with Crippen molar-refractivity contribution in [3.05, 3.63) is 11.8 Å². The van der Waals surface area contributed by atoms with E-state index in [2.05, 4.69) is 10.4 Å². The quantitative estimate of drug-likeness (QED) is 0.827. The molecule has 1 aromatic rings. The fraction of sp³-hybridized carbons (Fsp3) is 0.500. The summed E-state index contributed by atoms with van der Waals surface area (Å²) in [6.45, 7) is -0.110. The van der Waals surface area contributed by atoms with Crippen molar-refractivity contribution >= 4 is 11.8 Å². The Balaban J connectivity index is 2.70. The molecule has 0 bridgehead atoms. The van der Waals surface area contributed by atoms with E-state index in [0.717, 1.165) is 4.68 Å². The molecule has 0 saturated heterocycles. The number of aryl methyl sites for hydroxylation is 1. The predicted octanol–water partition coefficient (Wildman–Crippen LogP) is 1.25. The molecule has 0 aromatic carbocycles. The molecule has 0 unspecified atom stereocenters. The maximum Gasteiger partial charge on any atom is 0.408 e. The van der Waals surface area contributed by atoms with Gasteiger partial charge in [-0.3, -0.25) is 9.48 Å². The van der Waals surface area contributed by atoms with Crippen molar-refractivity contribution in [1.29, 1.82) is 0 Å². The van der Waals surface area contributed by atoms with Crippen LogP contribution in [-0.2, 0) is 11.3 Å². The summed E-state index contributed by atoms with van der Waals surface area (Å²) in [6.07, 6.45) is -4.35. The van der Waals surface area contributed by atoms with Gasteiger partial charge in [0.25, 0.3) is 0 Å². The number of hydrogen-bond acceptors (Lipinski definition) is 3. The number of carbonyl (C=O) groups is 1. The zero-order valence-electron chi connectivity index (χ0n) is 8.38. The first kappa shape index (κ1) is 12.3. The summed E-state index contributed by atoms with van der Waals surface area (Å²) >= 11 is 0. The largest absolute Gasteiger partial charge is 0.480 e.